The molecule has 0 saturated carbocycles. The fraction of sp³-hybridized carbons (Fsp3) is 0.182. The summed E-state index contributed by atoms with van der Waals surface area (Å²) in [6.45, 7) is 2.72. The molecule has 0 atom stereocenters. The average molecular weight is 377 g/mol. The quantitative estimate of drug-likeness (QED) is 0.845. The maximum atomic E-state index is 5.78. The number of aromatic nitrogens is 1. The predicted molar refractivity (Wildman–Crippen MR) is 80.4 cm³/mol. The molecule has 0 aliphatic carbocycles. The van der Waals surface area contributed by atoms with Crippen molar-refractivity contribution >= 4 is 54.7 Å². The molecule has 0 saturated heterocycles. The van der Waals surface area contributed by atoms with Gasteiger partial charge in [-0.2, -0.15) is 0 Å². The highest BCUT2D eigenvalue weighted by molar-refractivity contribution is 9.11. The minimum Gasteiger partial charge on any atom is -0.397 e. The molecule has 2 heterocycles. The van der Waals surface area contributed by atoms with Crippen molar-refractivity contribution in [1.82, 2.24) is 4.98 Å². The summed E-state index contributed by atoms with van der Waals surface area (Å²) < 4.78 is 2.04. The lowest BCUT2D eigenvalue weighted by atomic mass is 10.2. The molecule has 90 valence electrons. The van der Waals surface area contributed by atoms with E-state index >= 15 is 0 Å². The molecule has 3 nitrogen and oxygen atoms in total. The Bertz CT molecular complexity index is 540. The van der Waals surface area contributed by atoms with Gasteiger partial charge in [-0.3, -0.25) is 0 Å². The van der Waals surface area contributed by atoms with Crippen LogP contribution in [0.5, 0.6) is 0 Å². The minimum atomic E-state index is 0.696. The summed E-state index contributed by atoms with van der Waals surface area (Å²) >= 11 is 8.64. The number of nitrogen functional groups attached to an aromatic ring is 1. The average Bonchev–Trinajstić information content (AvgIpc) is 2.71. The Hall–Kier alpha value is -0.590. The lowest BCUT2D eigenvalue weighted by molar-refractivity contribution is 1.12. The Kier molecular flexibility index (Phi) is 4.06. The maximum Gasteiger partial charge on any atom is 0.141 e. The van der Waals surface area contributed by atoms with E-state index in [9.17, 15) is 0 Å². The zero-order valence-corrected chi connectivity index (χ0v) is 13.1. The van der Waals surface area contributed by atoms with E-state index in [0.29, 0.717) is 5.69 Å². The first-order valence-corrected chi connectivity index (χ1v) is 7.42. The summed E-state index contributed by atoms with van der Waals surface area (Å²) in [5.41, 5.74) is 7.48. The Labute approximate surface area is 121 Å². The first-order valence-electron chi connectivity index (χ1n) is 4.95. The van der Waals surface area contributed by atoms with E-state index in [4.69, 9.17) is 5.73 Å². The summed E-state index contributed by atoms with van der Waals surface area (Å²) in [5, 5.41) is 5.35. The van der Waals surface area contributed by atoms with Gasteiger partial charge in [0.05, 0.1) is 22.9 Å². The van der Waals surface area contributed by atoms with E-state index in [1.165, 1.54) is 4.88 Å². The lowest BCUT2D eigenvalue weighted by Crippen LogP contribution is -2.03. The summed E-state index contributed by atoms with van der Waals surface area (Å²) in [5.74, 6) is 0.821. The van der Waals surface area contributed by atoms with Crippen LogP contribution in [0.2, 0.25) is 0 Å². The van der Waals surface area contributed by atoms with Crippen LogP contribution in [0.3, 0.4) is 0 Å². The molecule has 0 aromatic carbocycles. The number of thiophene rings is 1. The van der Waals surface area contributed by atoms with Crippen molar-refractivity contribution in [3.8, 4) is 0 Å². The number of rotatable bonds is 3. The molecule has 2 aromatic heterocycles. The normalized spacial score (nSPS) is 10.5. The van der Waals surface area contributed by atoms with E-state index < -0.39 is 0 Å². The molecule has 3 N–H and O–H groups in total. The molecule has 0 spiro atoms. The Balaban J connectivity index is 2.12. The van der Waals surface area contributed by atoms with Crippen molar-refractivity contribution < 1.29 is 0 Å². The van der Waals surface area contributed by atoms with Crippen LogP contribution in [0.25, 0.3) is 0 Å². The molecular weight excluding hydrogens is 366 g/mol. The SMILES string of the molecule is Cc1c(N)cnc(NCc2cc(Br)cs2)c1Br. The second-order valence-electron chi connectivity index (χ2n) is 3.59. The monoisotopic (exact) mass is 375 g/mol. The fourth-order valence-corrected chi connectivity index (χ4v) is 3.19. The van der Waals surface area contributed by atoms with Gasteiger partial charge in [0.25, 0.3) is 0 Å². The topological polar surface area (TPSA) is 50.9 Å². The van der Waals surface area contributed by atoms with E-state index in [1.807, 2.05) is 6.92 Å². The molecule has 2 rings (SSSR count). The Morgan fingerprint density at radius 1 is 1.47 bits per heavy atom. The number of nitrogens with one attached hydrogen (secondary N) is 1. The van der Waals surface area contributed by atoms with E-state index in [1.54, 1.807) is 17.5 Å². The largest absolute Gasteiger partial charge is 0.397 e. The van der Waals surface area contributed by atoms with Crippen LogP contribution in [0.4, 0.5) is 11.5 Å². The number of halogens is 2. The van der Waals surface area contributed by atoms with Gasteiger partial charge in [0.2, 0.25) is 0 Å². The molecule has 0 bridgehead atoms. The second-order valence-corrected chi connectivity index (χ2v) is 6.29. The summed E-state index contributed by atoms with van der Waals surface area (Å²) in [4.78, 5) is 5.52. The van der Waals surface area contributed by atoms with Gasteiger partial charge >= 0.3 is 0 Å². The van der Waals surface area contributed by atoms with Crippen LogP contribution in [0.1, 0.15) is 10.4 Å². The molecule has 0 unspecified atom stereocenters. The number of pyridine rings is 1. The molecule has 0 amide bonds. The zero-order valence-electron chi connectivity index (χ0n) is 9.13. The third kappa shape index (κ3) is 3.00. The number of hydrogen-bond donors (Lipinski definition) is 2. The van der Waals surface area contributed by atoms with Gasteiger partial charge in [0.15, 0.2) is 0 Å². The summed E-state index contributed by atoms with van der Waals surface area (Å²) in [6.07, 6.45) is 1.67. The number of hydrogen-bond acceptors (Lipinski definition) is 4. The van der Waals surface area contributed by atoms with E-state index in [-0.39, 0.29) is 0 Å². The van der Waals surface area contributed by atoms with Crippen molar-refractivity contribution in [2.24, 2.45) is 0 Å². The molecule has 0 fully saturated rings. The highest BCUT2D eigenvalue weighted by Crippen LogP contribution is 2.28. The third-order valence-electron chi connectivity index (χ3n) is 2.35. The van der Waals surface area contributed by atoms with Crippen LogP contribution in [0, 0.1) is 6.92 Å². The number of nitrogens with zero attached hydrogens (tertiary/aromatic N) is 1. The van der Waals surface area contributed by atoms with Gasteiger partial charge in [-0.05, 0) is 50.4 Å². The van der Waals surface area contributed by atoms with Crippen LogP contribution in [-0.4, -0.2) is 4.98 Å². The molecule has 0 aliphatic rings. The van der Waals surface area contributed by atoms with E-state index in [2.05, 4.69) is 53.6 Å². The van der Waals surface area contributed by atoms with Gasteiger partial charge in [-0.15, -0.1) is 11.3 Å². The fourth-order valence-electron chi connectivity index (χ4n) is 1.33. The summed E-state index contributed by atoms with van der Waals surface area (Å²) in [7, 11) is 0. The van der Waals surface area contributed by atoms with Crippen LogP contribution < -0.4 is 11.1 Å². The van der Waals surface area contributed by atoms with Crippen LogP contribution in [0.15, 0.2) is 26.6 Å². The predicted octanol–water partition coefficient (Wildman–Crippen LogP) is 4.17. The van der Waals surface area contributed by atoms with Crippen LogP contribution in [-0.2, 0) is 6.54 Å². The van der Waals surface area contributed by atoms with Gasteiger partial charge in [-0.25, -0.2) is 4.98 Å². The van der Waals surface area contributed by atoms with Crippen molar-refractivity contribution in [2.45, 2.75) is 13.5 Å². The molecule has 6 heteroatoms. The second kappa shape index (κ2) is 5.37. The van der Waals surface area contributed by atoms with Gasteiger partial charge < -0.3 is 11.1 Å². The van der Waals surface area contributed by atoms with Gasteiger partial charge in [0, 0.05) is 14.7 Å². The Morgan fingerprint density at radius 3 is 2.88 bits per heavy atom. The first-order chi connectivity index (χ1) is 8.08. The van der Waals surface area contributed by atoms with Gasteiger partial charge in [0.1, 0.15) is 5.82 Å². The smallest absolute Gasteiger partial charge is 0.141 e. The van der Waals surface area contributed by atoms with Crippen molar-refractivity contribution in [3.63, 3.8) is 0 Å². The van der Waals surface area contributed by atoms with Crippen molar-refractivity contribution in [2.75, 3.05) is 11.1 Å². The summed E-state index contributed by atoms with van der Waals surface area (Å²) in [6, 6.07) is 2.09. The molecule has 2 aromatic rings. The molecule has 0 aliphatic heterocycles. The highest BCUT2D eigenvalue weighted by atomic mass is 79.9. The van der Waals surface area contributed by atoms with E-state index in [0.717, 1.165) is 26.9 Å². The third-order valence-corrected chi connectivity index (χ3v) is 5.02. The zero-order chi connectivity index (χ0) is 12.4. The Morgan fingerprint density at radius 2 is 2.24 bits per heavy atom. The van der Waals surface area contributed by atoms with Crippen LogP contribution >= 0.6 is 43.2 Å². The van der Waals surface area contributed by atoms with Crippen molar-refractivity contribution in [3.05, 3.63) is 37.0 Å². The standard InChI is InChI=1S/C11H11Br2N3S/c1-6-9(14)4-16-11(10(6)13)15-3-8-2-7(12)5-17-8/h2,4-5H,3,14H2,1H3,(H,15,16). The lowest BCUT2D eigenvalue weighted by Gasteiger charge is -2.09. The number of anilines is 2. The highest BCUT2D eigenvalue weighted by Gasteiger charge is 2.07. The first kappa shape index (κ1) is 12.9. The molecular formula is C11H11Br2N3S. The van der Waals surface area contributed by atoms with Crippen molar-refractivity contribution in [1.29, 1.82) is 0 Å². The molecule has 0 radical (unpaired) electrons. The minimum absolute atomic E-state index is 0.696. The maximum absolute atomic E-state index is 5.78. The molecule has 17 heavy (non-hydrogen) atoms. The van der Waals surface area contributed by atoms with Gasteiger partial charge in [-0.1, -0.05) is 0 Å². The number of nitrogens with two attached hydrogens (primary N) is 1.